The van der Waals surface area contributed by atoms with Gasteiger partial charge >= 0.3 is 0 Å². The SMILES string of the molecule is NCc1cc(Cl)ncn1. The van der Waals surface area contributed by atoms with Gasteiger partial charge in [-0.2, -0.15) is 0 Å². The fourth-order valence-electron chi connectivity index (χ4n) is 0.482. The minimum atomic E-state index is 0.405. The van der Waals surface area contributed by atoms with E-state index in [-0.39, 0.29) is 0 Å². The predicted octanol–water partition coefficient (Wildman–Crippen LogP) is 0.589. The number of aromatic nitrogens is 2. The average molecular weight is 144 g/mol. The van der Waals surface area contributed by atoms with Gasteiger partial charge in [-0.05, 0) is 6.07 Å². The van der Waals surface area contributed by atoms with Crippen LogP contribution in [0.25, 0.3) is 0 Å². The van der Waals surface area contributed by atoms with Gasteiger partial charge in [-0.25, -0.2) is 9.97 Å². The summed E-state index contributed by atoms with van der Waals surface area (Å²) in [5.41, 5.74) is 6.03. The Hall–Kier alpha value is -0.670. The topological polar surface area (TPSA) is 51.8 Å². The highest BCUT2D eigenvalue weighted by Crippen LogP contribution is 2.02. The van der Waals surface area contributed by atoms with Crippen LogP contribution in [-0.2, 0) is 6.54 Å². The van der Waals surface area contributed by atoms with Crippen molar-refractivity contribution in [3.8, 4) is 0 Å². The lowest BCUT2D eigenvalue weighted by atomic mass is 10.4. The van der Waals surface area contributed by atoms with E-state index in [9.17, 15) is 0 Å². The molecule has 0 aliphatic rings. The van der Waals surface area contributed by atoms with Crippen molar-refractivity contribution in [1.82, 2.24) is 9.97 Å². The molecule has 9 heavy (non-hydrogen) atoms. The second-order valence-corrected chi connectivity index (χ2v) is 1.92. The van der Waals surface area contributed by atoms with Crippen LogP contribution in [-0.4, -0.2) is 9.97 Å². The molecular formula is C5H6ClN3. The lowest BCUT2D eigenvalue weighted by molar-refractivity contribution is 0.964. The monoisotopic (exact) mass is 143 g/mol. The minimum absolute atomic E-state index is 0.405. The molecule has 0 bridgehead atoms. The molecule has 0 unspecified atom stereocenters. The van der Waals surface area contributed by atoms with Gasteiger partial charge in [0.1, 0.15) is 11.5 Å². The highest BCUT2D eigenvalue weighted by atomic mass is 35.5. The summed E-state index contributed by atoms with van der Waals surface area (Å²) in [6.45, 7) is 0.405. The molecule has 3 nitrogen and oxygen atoms in total. The van der Waals surface area contributed by atoms with E-state index in [4.69, 9.17) is 17.3 Å². The molecule has 0 fully saturated rings. The first-order valence-corrected chi connectivity index (χ1v) is 2.87. The van der Waals surface area contributed by atoms with Crippen molar-refractivity contribution in [2.45, 2.75) is 6.54 Å². The molecule has 0 spiro atoms. The summed E-state index contributed by atoms with van der Waals surface area (Å²) in [5.74, 6) is 0. The third kappa shape index (κ3) is 1.62. The maximum absolute atomic E-state index is 5.52. The van der Waals surface area contributed by atoms with Gasteiger partial charge in [-0.1, -0.05) is 11.6 Å². The van der Waals surface area contributed by atoms with E-state index in [1.54, 1.807) is 6.07 Å². The zero-order chi connectivity index (χ0) is 6.69. The molecule has 1 aromatic heterocycles. The predicted molar refractivity (Wildman–Crippen MR) is 34.9 cm³/mol. The third-order valence-corrected chi connectivity index (χ3v) is 1.11. The first-order chi connectivity index (χ1) is 4.33. The average Bonchev–Trinajstić information content (AvgIpc) is 1.88. The molecule has 0 saturated heterocycles. The fourth-order valence-corrected chi connectivity index (χ4v) is 0.651. The lowest BCUT2D eigenvalue weighted by Crippen LogP contribution is -1.99. The Kier molecular flexibility index (Phi) is 1.97. The zero-order valence-corrected chi connectivity index (χ0v) is 5.47. The molecule has 4 heteroatoms. The Morgan fingerprint density at radius 3 is 2.78 bits per heavy atom. The Labute approximate surface area is 57.9 Å². The molecular weight excluding hydrogens is 138 g/mol. The van der Waals surface area contributed by atoms with Crippen LogP contribution in [0.3, 0.4) is 0 Å². The van der Waals surface area contributed by atoms with Gasteiger partial charge in [0.2, 0.25) is 0 Å². The number of nitrogens with two attached hydrogens (primary N) is 1. The van der Waals surface area contributed by atoms with Crippen LogP contribution in [0.2, 0.25) is 5.15 Å². The molecule has 2 N–H and O–H groups in total. The fraction of sp³-hybridized carbons (Fsp3) is 0.200. The van der Waals surface area contributed by atoms with Gasteiger partial charge in [-0.15, -0.1) is 0 Å². The van der Waals surface area contributed by atoms with E-state index >= 15 is 0 Å². The van der Waals surface area contributed by atoms with E-state index in [1.165, 1.54) is 6.33 Å². The van der Waals surface area contributed by atoms with Crippen LogP contribution >= 0.6 is 11.6 Å². The molecule has 0 saturated carbocycles. The molecule has 48 valence electrons. The summed E-state index contributed by atoms with van der Waals surface area (Å²) in [4.78, 5) is 7.52. The van der Waals surface area contributed by atoms with Gasteiger partial charge in [0, 0.05) is 6.54 Å². The number of hydrogen-bond donors (Lipinski definition) is 1. The van der Waals surface area contributed by atoms with E-state index in [0.717, 1.165) is 5.69 Å². The first-order valence-electron chi connectivity index (χ1n) is 2.49. The molecule has 1 rings (SSSR count). The molecule has 0 atom stereocenters. The van der Waals surface area contributed by atoms with Gasteiger partial charge in [0.05, 0.1) is 5.69 Å². The summed E-state index contributed by atoms with van der Waals surface area (Å²) in [7, 11) is 0. The Morgan fingerprint density at radius 1 is 1.56 bits per heavy atom. The first kappa shape index (κ1) is 6.45. The van der Waals surface area contributed by atoms with Crippen LogP contribution in [0, 0.1) is 0 Å². The minimum Gasteiger partial charge on any atom is -0.325 e. The van der Waals surface area contributed by atoms with Crippen molar-refractivity contribution in [2.24, 2.45) is 5.73 Å². The van der Waals surface area contributed by atoms with Crippen molar-refractivity contribution in [3.05, 3.63) is 23.2 Å². The summed E-state index contributed by atoms with van der Waals surface area (Å²) in [6, 6.07) is 1.64. The molecule has 1 heterocycles. The maximum Gasteiger partial charge on any atom is 0.132 e. The second-order valence-electron chi connectivity index (χ2n) is 1.54. The highest BCUT2D eigenvalue weighted by Gasteiger charge is 1.90. The normalized spacial score (nSPS) is 9.56. The van der Waals surface area contributed by atoms with Crippen LogP contribution in [0.15, 0.2) is 12.4 Å². The van der Waals surface area contributed by atoms with Crippen molar-refractivity contribution >= 4 is 11.6 Å². The molecule has 0 aliphatic carbocycles. The second kappa shape index (κ2) is 2.75. The van der Waals surface area contributed by atoms with Crippen LogP contribution in [0.4, 0.5) is 0 Å². The maximum atomic E-state index is 5.52. The number of rotatable bonds is 1. The van der Waals surface area contributed by atoms with Crippen molar-refractivity contribution in [1.29, 1.82) is 0 Å². The van der Waals surface area contributed by atoms with Gasteiger partial charge in [0.25, 0.3) is 0 Å². The number of nitrogens with zero attached hydrogens (tertiary/aromatic N) is 2. The molecule has 0 amide bonds. The van der Waals surface area contributed by atoms with E-state index in [0.29, 0.717) is 11.7 Å². The third-order valence-electron chi connectivity index (χ3n) is 0.899. The molecule has 1 aromatic rings. The summed E-state index contributed by atoms with van der Waals surface area (Å²) < 4.78 is 0. The largest absolute Gasteiger partial charge is 0.325 e. The molecule has 0 radical (unpaired) electrons. The quantitative estimate of drug-likeness (QED) is 0.586. The van der Waals surface area contributed by atoms with E-state index in [2.05, 4.69) is 9.97 Å². The summed E-state index contributed by atoms with van der Waals surface area (Å²) in [5, 5.41) is 0.436. The Bertz CT molecular complexity index is 201. The van der Waals surface area contributed by atoms with E-state index < -0.39 is 0 Å². The van der Waals surface area contributed by atoms with Crippen molar-refractivity contribution < 1.29 is 0 Å². The molecule has 0 aromatic carbocycles. The van der Waals surface area contributed by atoms with E-state index in [1.807, 2.05) is 0 Å². The standard InChI is InChI=1S/C5H6ClN3/c6-5-1-4(2-7)8-3-9-5/h1,3H,2,7H2. The summed E-state index contributed by atoms with van der Waals surface area (Å²) >= 11 is 5.52. The zero-order valence-electron chi connectivity index (χ0n) is 4.71. The molecule has 0 aliphatic heterocycles. The van der Waals surface area contributed by atoms with Crippen molar-refractivity contribution in [3.63, 3.8) is 0 Å². The lowest BCUT2D eigenvalue weighted by Gasteiger charge is -1.92. The van der Waals surface area contributed by atoms with Crippen LogP contribution in [0.1, 0.15) is 5.69 Å². The smallest absolute Gasteiger partial charge is 0.132 e. The van der Waals surface area contributed by atoms with Gasteiger partial charge in [0.15, 0.2) is 0 Å². The van der Waals surface area contributed by atoms with Crippen LogP contribution < -0.4 is 5.73 Å². The highest BCUT2D eigenvalue weighted by molar-refractivity contribution is 6.29. The number of hydrogen-bond acceptors (Lipinski definition) is 3. The van der Waals surface area contributed by atoms with Gasteiger partial charge in [-0.3, -0.25) is 0 Å². The Balaban J connectivity index is 2.94. The number of halogens is 1. The van der Waals surface area contributed by atoms with Crippen LogP contribution in [0.5, 0.6) is 0 Å². The van der Waals surface area contributed by atoms with Gasteiger partial charge < -0.3 is 5.73 Å². The van der Waals surface area contributed by atoms with Crippen molar-refractivity contribution in [2.75, 3.05) is 0 Å². The summed E-state index contributed by atoms with van der Waals surface area (Å²) in [6.07, 6.45) is 1.39. The Morgan fingerprint density at radius 2 is 2.33 bits per heavy atom.